The van der Waals surface area contributed by atoms with Gasteiger partial charge in [-0.1, -0.05) is 164 Å². The molecule has 11 rings (SSSR count). The Hall–Kier alpha value is -7.17. The molecule has 1 N–H and O–H groups in total. The number of benzene rings is 5. The molecule has 0 saturated carbocycles. The molecule has 1 aromatic heterocycles. The molecule has 1 aliphatic heterocycles. The smallest absolute Gasteiger partial charge is 0.140 e. The summed E-state index contributed by atoms with van der Waals surface area (Å²) in [6, 6.07) is 42.8. The first-order valence-corrected chi connectivity index (χ1v) is 21.8. The first-order chi connectivity index (χ1) is 30.2. The van der Waals surface area contributed by atoms with Crippen molar-refractivity contribution in [1.29, 1.82) is 0 Å². The Morgan fingerprint density at radius 1 is 0.770 bits per heavy atom. The standard InChI is InChI=1S/C57H48N4/c1-58-36-35-54(61-52-27-8-4-7-21-45(52)46-22-15-16-28-53(46)61)51-38-60(44-19-5-2-3-6-20-44)57(59-51)41-32-30-40(31-33-41)55-47-23-11-13-25-49(47)56(50-26-14-12-24-48(50)55)43-34-29-39-17-9-10-18-42(39)37-43/h2,5,7-19,21-37,49,56,58H,3-4,6,20,38H2,1H3/b36-35-,54-51-. The minimum atomic E-state index is 0.221. The lowest BCUT2D eigenvalue weighted by molar-refractivity contribution is 0.544. The van der Waals surface area contributed by atoms with Crippen molar-refractivity contribution in [2.45, 2.75) is 31.6 Å². The normalized spacial score (nSPS) is 20.1. The van der Waals surface area contributed by atoms with Gasteiger partial charge in [-0.05, 0) is 100 Å². The SMILES string of the molecule is CN/C=C\C(=C1/CN(C2=CC=CCCC2)C(c2ccc(C3=C4C=CC=CC4C(c4ccc5ccccc5c4)c4ccccc43)cc2)=N1)n1c2c(c3ccccc31)C=CCC=C2. The van der Waals surface area contributed by atoms with Gasteiger partial charge in [0.15, 0.2) is 0 Å². The number of allylic oxidation sites excluding steroid dienone is 13. The lowest BCUT2D eigenvalue weighted by Gasteiger charge is -2.37. The molecule has 0 spiro atoms. The van der Waals surface area contributed by atoms with Crippen LogP contribution in [-0.4, -0.2) is 28.9 Å². The van der Waals surface area contributed by atoms with Crippen LogP contribution in [0, 0.1) is 5.92 Å². The van der Waals surface area contributed by atoms with Crippen molar-refractivity contribution in [2.75, 3.05) is 13.6 Å². The van der Waals surface area contributed by atoms with Crippen molar-refractivity contribution in [3.8, 4) is 0 Å². The Morgan fingerprint density at radius 3 is 2.51 bits per heavy atom. The van der Waals surface area contributed by atoms with Gasteiger partial charge in [0.2, 0.25) is 0 Å². The van der Waals surface area contributed by atoms with Crippen LogP contribution in [0.25, 0.3) is 45.1 Å². The molecule has 2 heterocycles. The lowest BCUT2D eigenvalue weighted by atomic mass is 9.66. The lowest BCUT2D eigenvalue weighted by Crippen LogP contribution is -2.28. The van der Waals surface area contributed by atoms with Gasteiger partial charge in [-0.2, -0.15) is 0 Å². The third-order valence-corrected chi connectivity index (χ3v) is 13.0. The number of amidine groups is 1. The Morgan fingerprint density at radius 2 is 1.59 bits per heavy atom. The van der Waals surface area contributed by atoms with Gasteiger partial charge in [0.1, 0.15) is 5.84 Å². The van der Waals surface area contributed by atoms with E-state index in [0.717, 1.165) is 48.5 Å². The van der Waals surface area contributed by atoms with E-state index in [1.807, 2.05) is 13.2 Å². The summed E-state index contributed by atoms with van der Waals surface area (Å²) < 4.78 is 2.41. The summed E-state index contributed by atoms with van der Waals surface area (Å²) in [5, 5.41) is 7.09. The van der Waals surface area contributed by atoms with Crippen LogP contribution in [-0.2, 0) is 0 Å². The summed E-state index contributed by atoms with van der Waals surface area (Å²) >= 11 is 0. The molecule has 296 valence electrons. The predicted molar refractivity (Wildman–Crippen MR) is 257 cm³/mol. The largest absolute Gasteiger partial charge is 0.394 e. The van der Waals surface area contributed by atoms with Gasteiger partial charge in [-0.15, -0.1) is 0 Å². The van der Waals surface area contributed by atoms with Crippen molar-refractivity contribution in [1.82, 2.24) is 14.8 Å². The van der Waals surface area contributed by atoms with Gasteiger partial charge in [-0.25, -0.2) is 4.99 Å². The number of aliphatic imine (C=N–C) groups is 1. The molecule has 5 aromatic carbocycles. The fraction of sp³-hybridized carbons (Fsp3) is 0.140. The second-order valence-electron chi connectivity index (χ2n) is 16.5. The third-order valence-electron chi connectivity index (χ3n) is 13.0. The molecule has 2 unspecified atom stereocenters. The molecule has 0 bridgehead atoms. The van der Waals surface area contributed by atoms with Gasteiger partial charge in [0.05, 0.1) is 29.1 Å². The van der Waals surface area contributed by atoms with E-state index >= 15 is 0 Å². The number of para-hydroxylation sites is 1. The maximum Gasteiger partial charge on any atom is 0.140 e. The van der Waals surface area contributed by atoms with Crippen molar-refractivity contribution in [3.63, 3.8) is 0 Å². The van der Waals surface area contributed by atoms with Crippen LogP contribution in [0.5, 0.6) is 0 Å². The highest BCUT2D eigenvalue weighted by Crippen LogP contribution is 2.50. The summed E-state index contributed by atoms with van der Waals surface area (Å²) in [5.41, 5.74) is 16.1. The minimum absolute atomic E-state index is 0.221. The van der Waals surface area contributed by atoms with Crippen LogP contribution >= 0.6 is 0 Å². The number of nitrogens with zero attached hydrogens (tertiary/aromatic N) is 3. The molecule has 0 saturated heterocycles. The van der Waals surface area contributed by atoms with Crippen LogP contribution in [0.2, 0.25) is 0 Å². The van der Waals surface area contributed by atoms with Gasteiger partial charge in [-0.3, -0.25) is 0 Å². The number of fused-ring (bicyclic) bond motifs is 6. The van der Waals surface area contributed by atoms with Crippen LogP contribution in [0.1, 0.15) is 70.7 Å². The monoisotopic (exact) mass is 788 g/mol. The maximum absolute atomic E-state index is 5.63. The molecule has 4 aliphatic carbocycles. The molecule has 4 heteroatoms. The molecule has 0 amide bonds. The second-order valence-corrected chi connectivity index (χ2v) is 16.5. The van der Waals surface area contributed by atoms with Crippen LogP contribution in [0.4, 0.5) is 0 Å². The van der Waals surface area contributed by atoms with Crippen LogP contribution in [0.15, 0.2) is 204 Å². The Labute approximate surface area is 358 Å². The molecule has 6 aromatic rings. The van der Waals surface area contributed by atoms with E-state index in [9.17, 15) is 0 Å². The average molecular weight is 789 g/mol. The summed E-state index contributed by atoms with van der Waals surface area (Å²) in [6.45, 7) is 0.679. The average Bonchev–Trinajstić information content (AvgIpc) is 3.61. The summed E-state index contributed by atoms with van der Waals surface area (Å²) in [4.78, 5) is 8.09. The zero-order chi connectivity index (χ0) is 40.7. The van der Waals surface area contributed by atoms with E-state index in [-0.39, 0.29) is 11.8 Å². The fourth-order valence-corrected chi connectivity index (χ4v) is 10.2. The Balaban J connectivity index is 1.04. The van der Waals surface area contributed by atoms with Crippen molar-refractivity contribution >= 4 is 50.9 Å². The van der Waals surface area contributed by atoms with E-state index in [0.29, 0.717) is 6.54 Å². The van der Waals surface area contributed by atoms with Gasteiger partial charge < -0.3 is 14.8 Å². The predicted octanol–water partition coefficient (Wildman–Crippen LogP) is 13.2. The van der Waals surface area contributed by atoms with Crippen molar-refractivity contribution < 1.29 is 0 Å². The first-order valence-electron chi connectivity index (χ1n) is 21.8. The number of hydrogen-bond acceptors (Lipinski definition) is 3. The third kappa shape index (κ3) is 6.51. The summed E-state index contributed by atoms with van der Waals surface area (Å²) in [5.74, 6) is 1.44. The quantitative estimate of drug-likeness (QED) is 0.175. The zero-order valence-electron chi connectivity index (χ0n) is 34.5. The molecule has 4 nitrogen and oxygen atoms in total. The first kappa shape index (κ1) is 36.9. The summed E-state index contributed by atoms with van der Waals surface area (Å²) in [7, 11) is 1.96. The number of rotatable bonds is 7. The van der Waals surface area contributed by atoms with Crippen LogP contribution < -0.4 is 5.32 Å². The minimum Gasteiger partial charge on any atom is -0.394 e. The highest BCUT2D eigenvalue weighted by atomic mass is 15.3. The molecule has 61 heavy (non-hydrogen) atoms. The van der Waals surface area contributed by atoms with E-state index in [1.165, 1.54) is 72.0 Å². The molecule has 0 radical (unpaired) electrons. The van der Waals surface area contributed by atoms with Crippen molar-refractivity contribution in [2.24, 2.45) is 10.9 Å². The van der Waals surface area contributed by atoms with E-state index in [1.54, 1.807) is 0 Å². The Bertz CT molecular complexity index is 3040. The number of nitrogens with one attached hydrogen (secondary N) is 1. The second kappa shape index (κ2) is 15.8. The molecule has 0 fully saturated rings. The van der Waals surface area contributed by atoms with E-state index in [2.05, 4.69) is 203 Å². The van der Waals surface area contributed by atoms with E-state index < -0.39 is 0 Å². The number of aromatic nitrogens is 1. The highest BCUT2D eigenvalue weighted by Gasteiger charge is 2.36. The van der Waals surface area contributed by atoms with Gasteiger partial charge >= 0.3 is 0 Å². The van der Waals surface area contributed by atoms with Crippen LogP contribution in [0.3, 0.4) is 0 Å². The summed E-state index contributed by atoms with van der Waals surface area (Å²) in [6.07, 6.45) is 33.4. The number of hydrogen-bond donors (Lipinski definition) is 1. The maximum atomic E-state index is 5.63. The van der Waals surface area contributed by atoms with Crippen molar-refractivity contribution in [3.05, 3.63) is 238 Å². The molecule has 2 atom stereocenters. The zero-order valence-corrected chi connectivity index (χ0v) is 34.5. The molecular formula is C57H48N4. The highest BCUT2D eigenvalue weighted by molar-refractivity contribution is 6.04. The van der Waals surface area contributed by atoms with Gasteiger partial charge in [0.25, 0.3) is 0 Å². The topological polar surface area (TPSA) is 32.6 Å². The Kier molecular flexibility index (Phi) is 9.54. The fourth-order valence-electron chi connectivity index (χ4n) is 10.2. The molecule has 5 aliphatic rings. The van der Waals surface area contributed by atoms with Gasteiger partial charge in [0, 0.05) is 41.1 Å². The molecular weight excluding hydrogens is 741 g/mol. The van der Waals surface area contributed by atoms with E-state index in [4.69, 9.17) is 4.99 Å².